The highest BCUT2D eigenvalue weighted by molar-refractivity contribution is 6.10. The number of fused-ring (bicyclic) bond motifs is 6. The van der Waals surface area contributed by atoms with E-state index in [-0.39, 0.29) is 0 Å². The second kappa shape index (κ2) is 8.29. The molecule has 2 aromatic heterocycles. The van der Waals surface area contributed by atoms with Gasteiger partial charge in [-0.15, -0.1) is 0 Å². The lowest BCUT2D eigenvalue weighted by Crippen LogP contribution is -1.92. The van der Waals surface area contributed by atoms with Crippen LogP contribution in [0.4, 0.5) is 0 Å². The predicted octanol–water partition coefficient (Wildman–Crippen LogP) is 9.08. The minimum atomic E-state index is 0.946. The monoisotopic (exact) mass is 484 g/mol. The summed E-state index contributed by atoms with van der Waals surface area (Å²) in [5, 5.41) is 2.56. The Bertz CT molecular complexity index is 1980. The van der Waals surface area contributed by atoms with Crippen molar-refractivity contribution in [2.24, 2.45) is 0 Å². The van der Waals surface area contributed by atoms with Gasteiger partial charge in [0.15, 0.2) is 0 Å². The Morgan fingerprint density at radius 3 is 2.18 bits per heavy atom. The van der Waals surface area contributed by atoms with Crippen LogP contribution in [0.25, 0.3) is 61.0 Å². The Labute approximate surface area is 221 Å². The van der Waals surface area contributed by atoms with E-state index >= 15 is 0 Å². The zero-order valence-electron chi connectivity index (χ0n) is 20.8. The van der Waals surface area contributed by atoms with Gasteiger partial charge >= 0.3 is 0 Å². The lowest BCUT2D eigenvalue weighted by atomic mass is 9.96. The average molecular weight is 485 g/mol. The minimum absolute atomic E-state index is 0.946. The maximum absolute atomic E-state index is 4.63. The molecule has 0 spiro atoms. The van der Waals surface area contributed by atoms with Crippen LogP contribution in [-0.4, -0.2) is 9.55 Å². The molecule has 0 N–H and O–H groups in total. The molecular weight excluding hydrogens is 460 g/mol. The van der Waals surface area contributed by atoms with Crippen molar-refractivity contribution in [2.75, 3.05) is 0 Å². The molecule has 2 nitrogen and oxygen atoms in total. The second-order valence-corrected chi connectivity index (χ2v) is 10.0. The normalized spacial score (nSPS) is 12.1. The molecule has 38 heavy (non-hydrogen) atoms. The highest BCUT2D eigenvalue weighted by Crippen LogP contribution is 2.43. The molecule has 0 saturated heterocycles. The number of hydrogen-bond acceptors (Lipinski definition) is 1. The number of rotatable bonds is 3. The molecule has 0 fully saturated rings. The highest BCUT2D eigenvalue weighted by atomic mass is 15.0. The van der Waals surface area contributed by atoms with Crippen LogP contribution in [0.15, 0.2) is 134 Å². The van der Waals surface area contributed by atoms with Crippen LogP contribution >= 0.6 is 0 Å². The van der Waals surface area contributed by atoms with Crippen LogP contribution in [0.1, 0.15) is 11.1 Å². The Kier molecular flexibility index (Phi) is 4.62. The van der Waals surface area contributed by atoms with E-state index in [1.165, 1.54) is 66.4 Å². The smallest absolute Gasteiger partial charge is 0.0705 e. The molecule has 0 saturated carbocycles. The minimum Gasteiger partial charge on any atom is -0.309 e. The summed E-state index contributed by atoms with van der Waals surface area (Å²) in [6, 6.07) is 46.0. The van der Waals surface area contributed by atoms with Crippen LogP contribution in [0.3, 0.4) is 0 Å². The first-order chi connectivity index (χ1) is 18.8. The van der Waals surface area contributed by atoms with Gasteiger partial charge in [-0.1, -0.05) is 78.9 Å². The summed E-state index contributed by atoms with van der Waals surface area (Å²) in [5.41, 5.74) is 13.8. The van der Waals surface area contributed by atoms with E-state index in [1.54, 1.807) is 0 Å². The molecule has 7 aromatic rings. The zero-order chi connectivity index (χ0) is 25.1. The highest BCUT2D eigenvalue weighted by Gasteiger charge is 2.22. The number of pyridine rings is 1. The largest absolute Gasteiger partial charge is 0.309 e. The van der Waals surface area contributed by atoms with E-state index in [4.69, 9.17) is 0 Å². The third-order valence-corrected chi connectivity index (χ3v) is 7.90. The Balaban J connectivity index is 1.28. The van der Waals surface area contributed by atoms with Gasteiger partial charge in [0.2, 0.25) is 0 Å². The van der Waals surface area contributed by atoms with Crippen molar-refractivity contribution in [2.45, 2.75) is 6.42 Å². The van der Waals surface area contributed by atoms with Crippen LogP contribution in [0.2, 0.25) is 0 Å². The fraction of sp³-hybridized carbons (Fsp3) is 0.0278. The molecule has 0 bridgehead atoms. The summed E-state index contributed by atoms with van der Waals surface area (Å²) in [7, 11) is 0. The topological polar surface area (TPSA) is 17.8 Å². The quantitative estimate of drug-likeness (QED) is 0.244. The maximum atomic E-state index is 4.63. The van der Waals surface area contributed by atoms with Crippen molar-refractivity contribution in [3.8, 4) is 39.2 Å². The fourth-order valence-corrected chi connectivity index (χ4v) is 6.15. The molecule has 0 amide bonds. The van der Waals surface area contributed by atoms with Crippen molar-refractivity contribution < 1.29 is 0 Å². The summed E-state index contributed by atoms with van der Waals surface area (Å²) < 4.78 is 2.37. The molecule has 8 rings (SSSR count). The summed E-state index contributed by atoms with van der Waals surface area (Å²) in [6.45, 7) is 0. The van der Waals surface area contributed by atoms with Gasteiger partial charge in [-0.05, 0) is 88.3 Å². The Hall–Kier alpha value is -4.95. The summed E-state index contributed by atoms with van der Waals surface area (Å²) >= 11 is 0. The van der Waals surface area contributed by atoms with Gasteiger partial charge in [0, 0.05) is 28.2 Å². The van der Waals surface area contributed by atoms with Gasteiger partial charge in [0.25, 0.3) is 0 Å². The van der Waals surface area contributed by atoms with Crippen molar-refractivity contribution in [3.05, 3.63) is 145 Å². The number of aromatic nitrogens is 2. The molecule has 0 aliphatic heterocycles. The van der Waals surface area contributed by atoms with Crippen molar-refractivity contribution in [3.63, 3.8) is 0 Å². The first-order valence-corrected chi connectivity index (χ1v) is 13.1. The molecule has 0 atom stereocenters. The van der Waals surface area contributed by atoms with Crippen LogP contribution in [0, 0.1) is 0 Å². The lowest BCUT2D eigenvalue weighted by Gasteiger charge is -2.09. The third kappa shape index (κ3) is 3.17. The van der Waals surface area contributed by atoms with E-state index in [2.05, 4.69) is 131 Å². The summed E-state index contributed by atoms with van der Waals surface area (Å²) in [6.07, 6.45) is 2.82. The van der Waals surface area contributed by atoms with E-state index in [0.717, 1.165) is 12.1 Å². The first-order valence-electron chi connectivity index (χ1n) is 13.1. The molecule has 2 heterocycles. The Morgan fingerprint density at radius 1 is 0.526 bits per heavy atom. The third-order valence-electron chi connectivity index (χ3n) is 7.90. The van der Waals surface area contributed by atoms with Crippen LogP contribution in [0.5, 0.6) is 0 Å². The van der Waals surface area contributed by atoms with E-state index in [1.807, 2.05) is 12.3 Å². The predicted molar refractivity (Wildman–Crippen MR) is 158 cm³/mol. The molecule has 0 unspecified atom stereocenters. The summed E-state index contributed by atoms with van der Waals surface area (Å²) in [4.78, 5) is 4.63. The van der Waals surface area contributed by atoms with E-state index in [0.29, 0.717) is 0 Å². The molecule has 5 aromatic carbocycles. The van der Waals surface area contributed by atoms with Gasteiger partial charge in [-0.25, -0.2) is 0 Å². The number of nitrogens with zero attached hydrogens (tertiary/aromatic N) is 2. The number of hydrogen-bond donors (Lipinski definition) is 0. The van der Waals surface area contributed by atoms with Gasteiger partial charge in [-0.3, -0.25) is 4.98 Å². The first kappa shape index (κ1) is 21.2. The molecule has 1 aliphatic rings. The van der Waals surface area contributed by atoms with Crippen molar-refractivity contribution in [1.82, 2.24) is 9.55 Å². The van der Waals surface area contributed by atoms with Gasteiger partial charge < -0.3 is 4.57 Å². The second-order valence-electron chi connectivity index (χ2n) is 10.0. The SMILES string of the molecule is c1ccc(-n2c3ccccc3c3cc(-c4ccc5c(c4)-c4cccc(-c6ccccn6)c4C5)ccc32)cc1. The standard InChI is InChI=1S/C36H24N2/c1-2-9-27(10-3-1)38-35-15-5-4-11-30(35)33-22-25(18-19-36(33)38)24-16-17-26-23-32-28(31(26)21-24)12-8-13-29(32)34-14-6-7-20-37-34/h1-22H,23H2. The number of para-hydroxylation sites is 2. The summed E-state index contributed by atoms with van der Waals surface area (Å²) in [5.74, 6) is 0. The Morgan fingerprint density at radius 2 is 1.29 bits per heavy atom. The molecule has 0 radical (unpaired) electrons. The van der Waals surface area contributed by atoms with E-state index in [9.17, 15) is 0 Å². The molecule has 178 valence electrons. The van der Waals surface area contributed by atoms with Crippen molar-refractivity contribution >= 4 is 21.8 Å². The molecular formula is C36H24N2. The van der Waals surface area contributed by atoms with Crippen LogP contribution in [-0.2, 0) is 6.42 Å². The van der Waals surface area contributed by atoms with Crippen molar-refractivity contribution in [1.29, 1.82) is 0 Å². The zero-order valence-corrected chi connectivity index (χ0v) is 20.8. The van der Waals surface area contributed by atoms with Crippen LogP contribution < -0.4 is 0 Å². The lowest BCUT2D eigenvalue weighted by molar-refractivity contribution is 1.18. The van der Waals surface area contributed by atoms with Gasteiger partial charge in [0.1, 0.15) is 0 Å². The fourth-order valence-electron chi connectivity index (χ4n) is 6.15. The maximum Gasteiger partial charge on any atom is 0.0705 e. The number of benzene rings is 5. The average Bonchev–Trinajstić information content (AvgIpc) is 3.53. The molecule has 1 aliphatic carbocycles. The molecule has 2 heteroatoms. The van der Waals surface area contributed by atoms with E-state index < -0.39 is 0 Å². The van der Waals surface area contributed by atoms with Gasteiger partial charge in [-0.2, -0.15) is 0 Å². The van der Waals surface area contributed by atoms with Gasteiger partial charge in [0.05, 0.1) is 16.7 Å².